The first kappa shape index (κ1) is 12.5. The quantitative estimate of drug-likeness (QED) is 0.762. The second kappa shape index (κ2) is 5.10. The molecule has 1 heterocycles. The summed E-state index contributed by atoms with van der Waals surface area (Å²) in [6.45, 7) is 1.90. The molecule has 1 aromatic carbocycles. The standard InChI is InChI=1S/C12H10ClF2NS/c1-7-16-6-12(17-7)9(13)4-8-2-3-10(14)11(15)5-8/h2-3,5-6,9H,4H2,1H3. The minimum absolute atomic E-state index is 0.258. The number of hydrogen-bond donors (Lipinski definition) is 0. The molecular formula is C12H10ClF2NS. The van der Waals surface area contributed by atoms with E-state index < -0.39 is 11.6 Å². The maximum Gasteiger partial charge on any atom is 0.159 e. The SMILES string of the molecule is Cc1ncc(C(Cl)Cc2ccc(F)c(F)c2)s1. The molecule has 0 aliphatic rings. The van der Waals surface area contributed by atoms with Crippen LogP contribution in [0.1, 0.15) is 20.8 Å². The summed E-state index contributed by atoms with van der Waals surface area (Å²) in [5.41, 5.74) is 0.676. The first-order valence-corrected chi connectivity index (χ1v) is 6.32. The molecule has 1 atom stereocenters. The van der Waals surface area contributed by atoms with Crippen LogP contribution in [-0.4, -0.2) is 4.98 Å². The van der Waals surface area contributed by atoms with Crippen molar-refractivity contribution >= 4 is 22.9 Å². The van der Waals surface area contributed by atoms with Gasteiger partial charge in [-0.3, -0.25) is 0 Å². The maximum absolute atomic E-state index is 13.0. The van der Waals surface area contributed by atoms with Crippen LogP contribution in [0.4, 0.5) is 8.78 Å². The van der Waals surface area contributed by atoms with Crippen LogP contribution in [0, 0.1) is 18.6 Å². The highest BCUT2D eigenvalue weighted by molar-refractivity contribution is 7.11. The van der Waals surface area contributed by atoms with Crippen molar-refractivity contribution in [2.24, 2.45) is 0 Å². The zero-order chi connectivity index (χ0) is 12.4. The zero-order valence-electron chi connectivity index (χ0n) is 9.08. The summed E-state index contributed by atoms with van der Waals surface area (Å²) in [4.78, 5) is 5.05. The number of hydrogen-bond acceptors (Lipinski definition) is 2. The van der Waals surface area contributed by atoms with Crippen LogP contribution < -0.4 is 0 Å². The van der Waals surface area contributed by atoms with Gasteiger partial charge < -0.3 is 0 Å². The molecule has 1 aromatic heterocycles. The van der Waals surface area contributed by atoms with Crippen LogP contribution in [0.5, 0.6) is 0 Å². The highest BCUT2D eigenvalue weighted by atomic mass is 35.5. The predicted molar refractivity (Wildman–Crippen MR) is 65.5 cm³/mol. The Balaban J connectivity index is 2.12. The molecule has 90 valence electrons. The summed E-state index contributed by atoms with van der Waals surface area (Å²) in [7, 11) is 0. The molecule has 0 aliphatic heterocycles. The number of thiazole rings is 1. The van der Waals surface area contributed by atoms with Crippen molar-refractivity contribution in [3.8, 4) is 0 Å². The smallest absolute Gasteiger partial charge is 0.159 e. The lowest BCUT2D eigenvalue weighted by molar-refractivity contribution is 0.507. The number of nitrogens with zero attached hydrogens (tertiary/aromatic N) is 1. The fourth-order valence-electron chi connectivity index (χ4n) is 1.50. The Morgan fingerprint density at radius 1 is 1.35 bits per heavy atom. The first-order valence-electron chi connectivity index (χ1n) is 5.06. The summed E-state index contributed by atoms with van der Waals surface area (Å²) in [5, 5.41) is 0.682. The molecule has 0 amide bonds. The second-order valence-electron chi connectivity index (χ2n) is 3.70. The Labute approximate surface area is 107 Å². The van der Waals surface area contributed by atoms with Gasteiger partial charge in [-0.25, -0.2) is 13.8 Å². The molecule has 0 saturated heterocycles. The Morgan fingerprint density at radius 2 is 2.12 bits per heavy atom. The number of aryl methyl sites for hydroxylation is 1. The number of alkyl halides is 1. The van der Waals surface area contributed by atoms with Gasteiger partial charge in [0.05, 0.1) is 10.4 Å². The fourth-order valence-corrected chi connectivity index (χ4v) is 2.63. The van der Waals surface area contributed by atoms with Crippen molar-refractivity contribution < 1.29 is 8.78 Å². The minimum Gasteiger partial charge on any atom is -0.250 e. The minimum atomic E-state index is -0.841. The summed E-state index contributed by atoms with van der Waals surface area (Å²) in [6.07, 6.45) is 2.18. The van der Waals surface area contributed by atoms with E-state index in [9.17, 15) is 8.78 Å². The summed E-state index contributed by atoms with van der Waals surface area (Å²) in [6, 6.07) is 3.84. The lowest BCUT2D eigenvalue weighted by Gasteiger charge is -2.07. The van der Waals surface area contributed by atoms with E-state index in [-0.39, 0.29) is 5.38 Å². The van der Waals surface area contributed by atoms with E-state index >= 15 is 0 Å². The summed E-state index contributed by atoms with van der Waals surface area (Å²) >= 11 is 7.71. The van der Waals surface area contributed by atoms with E-state index in [0.717, 1.165) is 16.0 Å². The van der Waals surface area contributed by atoms with Gasteiger partial charge in [0.1, 0.15) is 0 Å². The molecule has 0 radical (unpaired) electrons. The maximum atomic E-state index is 13.0. The van der Waals surface area contributed by atoms with Gasteiger partial charge in [0.25, 0.3) is 0 Å². The van der Waals surface area contributed by atoms with Gasteiger partial charge in [0, 0.05) is 11.1 Å². The monoisotopic (exact) mass is 273 g/mol. The van der Waals surface area contributed by atoms with Crippen LogP contribution in [0.15, 0.2) is 24.4 Å². The van der Waals surface area contributed by atoms with E-state index in [4.69, 9.17) is 11.6 Å². The highest BCUT2D eigenvalue weighted by Gasteiger charge is 2.13. The average Bonchev–Trinajstić information content (AvgIpc) is 2.70. The van der Waals surface area contributed by atoms with Gasteiger partial charge in [-0.15, -0.1) is 22.9 Å². The Kier molecular flexibility index (Phi) is 3.74. The fraction of sp³-hybridized carbons (Fsp3) is 0.250. The van der Waals surface area contributed by atoms with E-state index in [0.29, 0.717) is 12.0 Å². The Bertz CT molecular complexity index is 527. The molecule has 1 unspecified atom stereocenters. The lowest BCUT2D eigenvalue weighted by Crippen LogP contribution is -1.95. The molecule has 0 N–H and O–H groups in total. The molecule has 0 fully saturated rings. The average molecular weight is 274 g/mol. The number of benzene rings is 1. The third kappa shape index (κ3) is 3.01. The van der Waals surface area contributed by atoms with Crippen molar-refractivity contribution in [2.75, 3.05) is 0 Å². The molecule has 5 heteroatoms. The van der Waals surface area contributed by atoms with Gasteiger partial charge in [-0.1, -0.05) is 6.07 Å². The molecule has 2 aromatic rings. The summed E-state index contributed by atoms with van der Waals surface area (Å²) in [5.74, 6) is -1.68. The van der Waals surface area contributed by atoms with Crippen molar-refractivity contribution in [3.63, 3.8) is 0 Å². The predicted octanol–water partition coefficient (Wildman–Crippen LogP) is 4.25. The van der Waals surface area contributed by atoms with Crippen molar-refractivity contribution in [2.45, 2.75) is 18.7 Å². The topological polar surface area (TPSA) is 12.9 Å². The van der Waals surface area contributed by atoms with Crippen molar-refractivity contribution in [3.05, 3.63) is 51.5 Å². The largest absolute Gasteiger partial charge is 0.250 e. The van der Waals surface area contributed by atoms with Crippen molar-refractivity contribution in [1.29, 1.82) is 0 Å². The normalized spacial score (nSPS) is 12.7. The van der Waals surface area contributed by atoms with E-state index in [1.54, 1.807) is 12.3 Å². The van der Waals surface area contributed by atoms with Gasteiger partial charge in [-0.05, 0) is 31.0 Å². The van der Waals surface area contributed by atoms with Crippen LogP contribution in [0.2, 0.25) is 0 Å². The highest BCUT2D eigenvalue weighted by Crippen LogP contribution is 2.29. The van der Waals surface area contributed by atoms with Gasteiger partial charge in [0.15, 0.2) is 11.6 Å². The molecule has 0 bridgehead atoms. The summed E-state index contributed by atoms with van der Waals surface area (Å²) < 4.78 is 25.8. The zero-order valence-corrected chi connectivity index (χ0v) is 10.7. The molecule has 17 heavy (non-hydrogen) atoms. The van der Waals surface area contributed by atoms with E-state index in [1.807, 2.05) is 6.92 Å². The molecular weight excluding hydrogens is 264 g/mol. The molecule has 0 spiro atoms. The number of aromatic nitrogens is 1. The third-order valence-corrected chi connectivity index (χ3v) is 3.89. The Morgan fingerprint density at radius 3 is 2.71 bits per heavy atom. The number of halogens is 3. The number of rotatable bonds is 3. The van der Waals surface area contributed by atoms with Crippen LogP contribution in [-0.2, 0) is 6.42 Å². The third-order valence-electron chi connectivity index (χ3n) is 2.35. The van der Waals surface area contributed by atoms with Crippen LogP contribution in [0.3, 0.4) is 0 Å². The molecule has 0 saturated carbocycles. The van der Waals surface area contributed by atoms with E-state index in [2.05, 4.69) is 4.98 Å². The van der Waals surface area contributed by atoms with E-state index in [1.165, 1.54) is 17.4 Å². The van der Waals surface area contributed by atoms with Gasteiger partial charge in [0.2, 0.25) is 0 Å². The molecule has 1 nitrogen and oxygen atoms in total. The van der Waals surface area contributed by atoms with Crippen molar-refractivity contribution in [1.82, 2.24) is 4.98 Å². The van der Waals surface area contributed by atoms with Gasteiger partial charge in [-0.2, -0.15) is 0 Å². The Hall–Kier alpha value is -1.00. The second-order valence-corrected chi connectivity index (χ2v) is 5.49. The lowest BCUT2D eigenvalue weighted by atomic mass is 10.1. The van der Waals surface area contributed by atoms with Crippen LogP contribution in [0.25, 0.3) is 0 Å². The first-order chi connectivity index (χ1) is 8.06. The molecule has 2 rings (SSSR count). The van der Waals surface area contributed by atoms with Crippen LogP contribution >= 0.6 is 22.9 Å². The van der Waals surface area contributed by atoms with Gasteiger partial charge >= 0.3 is 0 Å². The molecule has 0 aliphatic carbocycles.